The van der Waals surface area contributed by atoms with Crippen LogP contribution in [0, 0.1) is 0 Å². The zero-order chi connectivity index (χ0) is 12.8. The van der Waals surface area contributed by atoms with Gasteiger partial charge in [0.1, 0.15) is 6.61 Å². The Hall–Kier alpha value is -1.26. The Morgan fingerprint density at radius 1 is 1.33 bits per heavy atom. The highest BCUT2D eigenvalue weighted by Crippen LogP contribution is 2.16. The minimum Gasteiger partial charge on any atom is -0.444 e. The Morgan fingerprint density at radius 2 is 2.17 bits per heavy atom. The van der Waals surface area contributed by atoms with Crippen LogP contribution >= 0.6 is 11.6 Å². The monoisotopic (exact) mass is 268 g/mol. The van der Waals surface area contributed by atoms with E-state index in [-0.39, 0.29) is 12.7 Å². The van der Waals surface area contributed by atoms with Gasteiger partial charge in [0.05, 0.1) is 0 Å². The van der Waals surface area contributed by atoms with Crippen molar-refractivity contribution in [1.82, 2.24) is 10.2 Å². The van der Waals surface area contributed by atoms with Gasteiger partial charge in [-0.25, -0.2) is 4.79 Å². The van der Waals surface area contributed by atoms with Crippen LogP contribution in [0.2, 0.25) is 5.02 Å². The van der Waals surface area contributed by atoms with E-state index in [0.717, 1.165) is 31.6 Å². The van der Waals surface area contributed by atoms with Crippen LogP contribution in [-0.2, 0) is 11.3 Å². The number of hydrogen-bond donors (Lipinski definition) is 1. The Labute approximate surface area is 112 Å². The number of amides is 1. The van der Waals surface area contributed by atoms with Crippen LogP contribution in [0.3, 0.4) is 0 Å². The molecule has 1 heterocycles. The average molecular weight is 269 g/mol. The molecule has 0 spiro atoms. The average Bonchev–Trinajstić information content (AvgIpc) is 2.66. The summed E-state index contributed by atoms with van der Waals surface area (Å²) < 4.78 is 5.28. The van der Waals surface area contributed by atoms with Crippen molar-refractivity contribution in [2.75, 3.05) is 26.2 Å². The number of rotatable bonds is 2. The van der Waals surface area contributed by atoms with Crippen LogP contribution in [0.15, 0.2) is 24.3 Å². The molecule has 2 rings (SSSR count). The molecule has 1 N–H and O–H groups in total. The predicted molar refractivity (Wildman–Crippen MR) is 70.7 cm³/mol. The third-order valence-corrected chi connectivity index (χ3v) is 3.28. The van der Waals surface area contributed by atoms with Gasteiger partial charge in [0.2, 0.25) is 0 Å². The molecule has 1 aliphatic heterocycles. The summed E-state index contributed by atoms with van der Waals surface area (Å²) in [4.78, 5) is 13.6. The maximum Gasteiger partial charge on any atom is 0.410 e. The number of carbonyl (C=O) groups is 1. The van der Waals surface area contributed by atoms with Crippen molar-refractivity contribution in [3.63, 3.8) is 0 Å². The number of benzene rings is 1. The van der Waals surface area contributed by atoms with E-state index in [1.807, 2.05) is 18.2 Å². The summed E-state index contributed by atoms with van der Waals surface area (Å²) in [5.74, 6) is 0. The predicted octanol–water partition coefficient (Wildman–Crippen LogP) is 2.27. The highest BCUT2D eigenvalue weighted by molar-refractivity contribution is 6.31. The quantitative estimate of drug-likeness (QED) is 0.895. The van der Waals surface area contributed by atoms with Gasteiger partial charge in [0.25, 0.3) is 0 Å². The summed E-state index contributed by atoms with van der Waals surface area (Å²) in [7, 11) is 0. The summed E-state index contributed by atoms with van der Waals surface area (Å²) in [6.07, 6.45) is 0.694. The number of halogens is 1. The van der Waals surface area contributed by atoms with Crippen molar-refractivity contribution in [1.29, 1.82) is 0 Å². The fraction of sp³-hybridized carbons (Fsp3) is 0.462. The molecular weight excluding hydrogens is 252 g/mol. The van der Waals surface area contributed by atoms with Crippen molar-refractivity contribution in [2.24, 2.45) is 0 Å². The first kappa shape index (κ1) is 13.2. The number of ether oxygens (including phenoxy) is 1. The molecule has 1 fully saturated rings. The molecule has 1 saturated heterocycles. The second kappa shape index (κ2) is 6.61. The fourth-order valence-electron chi connectivity index (χ4n) is 1.87. The molecule has 5 heteroatoms. The Kier molecular flexibility index (Phi) is 4.84. The van der Waals surface area contributed by atoms with Gasteiger partial charge in [-0.05, 0) is 19.0 Å². The molecule has 4 nitrogen and oxygen atoms in total. The lowest BCUT2D eigenvalue weighted by Crippen LogP contribution is -2.34. The second-order valence-corrected chi connectivity index (χ2v) is 4.64. The summed E-state index contributed by atoms with van der Waals surface area (Å²) in [6, 6.07) is 7.39. The Morgan fingerprint density at radius 3 is 3.00 bits per heavy atom. The van der Waals surface area contributed by atoms with E-state index >= 15 is 0 Å². The lowest BCUT2D eigenvalue weighted by Gasteiger charge is -2.19. The second-order valence-electron chi connectivity index (χ2n) is 4.24. The van der Waals surface area contributed by atoms with Gasteiger partial charge in [-0.15, -0.1) is 0 Å². The topological polar surface area (TPSA) is 41.6 Å². The summed E-state index contributed by atoms with van der Waals surface area (Å²) in [6.45, 7) is 3.44. The smallest absolute Gasteiger partial charge is 0.410 e. The molecular formula is C13H17ClN2O2. The minimum absolute atomic E-state index is 0.225. The highest BCUT2D eigenvalue weighted by Gasteiger charge is 2.16. The zero-order valence-electron chi connectivity index (χ0n) is 10.2. The van der Waals surface area contributed by atoms with E-state index in [2.05, 4.69) is 5.32 Å². The largest absolute Gasteiger partial charge is 0.444 e. The van der Waals surface area contributed by atoms with E-state index in [4.69, 9.17) is 16.3 Å². The highest BCUT2D eigenvalue weighted by atomic mass is 35.5. The summed E-state index contributed by atoms with van der Waals surface area (Å²) in [5, 5.41) is 3.87. The Bertz CT molecular complexity index is 404. The molecule has 0 atom stereocenters. The van der Waals surface area contributed by atoms with Crippen molar-refractivity contribution < 1.29 is 9.53 Å². The molecule has 0 unspecified atom stereocenters. The first-order valence-electron chi connectivity index (χ1n) is 6.13. The van der Waals surface area contributed by atoms with Gasteiger partial charge < -0.3 is 15.0 Å². The maximum absolute atomic E-state index is 11.9. The van der Waals surface area contributed by atoms with Crippen LogP contribution in [0.4, 0.5) is 4.79 Å². The minimum atomic E-state index is -0.265. The van der Waals surface area contributed by atoms with Gasteiger partial charge in [-0.3, -0.25) is 0 Å². The Balaban J connectivity index is 1.86. The maximum atomic E-state index is 11.9. The number of carbonyl (C=O) groups excluding carboxylic acids is 1. The number of nitrogens with zero attached hydrogens (tertiary/aromatic N) is 1. The van der Waals surface area contributed by atoms with Crippen molar-refractivity contribution in [2.45, 2.75) is 13.0 Å². The van der Waals surface area contributed by atoms with Crippen LogP contribution in [0.25, 0.3) is 0 Å². The molecule has 1 aliphatic rings. The third-order valence-electron chi connectivity index (χ3n) is 2.91. The van der Waals surface area contributed by atoms with E-state index in [1.54, 1.807) is 11.0 Å². The molecule has 0 aliphatic carbocycles. The third kappa shape index (κ3) is 3.62. The van der Waals surface area contributed by atoms with Gasteiger partial charge in [0.15, 0.2) is 0 Å². The summed E-state index contributed by atoms with van der Waals surface area (Å²) >= 11 is 6.00. The SMILES string of the molecule is O=C(OCc1ccccc1Cl)N1CCCNCC1. The van der Waals surface area contributed by atoms with E-state index in [1.165, 1.54) is 0 Å². The molecule has 0 aromatic heterocycles. The van der Waals surface area contributed by atoms with Gasteiger partial charge in [0, 0.05) is 30.2 Å². The van der Waals surface area contributed by atoms with Crippen LogP contribution in [0.1, 0.15) is 12.0 Å². The van der Waals surface area contributed by atoms with Crippen LogP contribution in [0.5, 0.6) is 0 Å². The lowest BCUT2D eigenvalue weighted by atomic mass is 10.2. The van der Waals surface area contributed by atoms with Crippen LogP contribution in [-0.4, -0.2) is 37.2 Å². The standard InChI is InChI=1S/C13H17ClN2O2/c14-12-5-2-1-4-11(12)10-18-13(17)16-8-3-6-15-7-9-16/h1-2,4-5,15H,3,6-10H2. The molecule has 0 bridgehead atoms. The normalized spacial score (nSPS) is 16.2. The van der Waals surface area contributed by atoms with E-state index in [9.17, 15) is 4.79 Å². The summed E-state index contributed by atoms with van der Waals surface area (Å²) in [5.41, 5.74) is 0.834. The number of hydrogen-bond acceptors (Lipinski definition) is 3. The lowest BCUT2D eigenvalue weighted by molar-refractivity contribution is 0.0985. The van der Waals surface area contributed by atoms with Crippen molar-refractivity contribution in [3.05, 3.63) is 34.9 Å². The first-order valence-corrected chi connectivity index (χ1v) is 6.51. The molecule has 1 aromatic rings. The number of nitrogens with one attached hydrogen (secondary N) is 1. The van der Waals surface area contributed by atoms with Gasteiger partial charge in [-0.1, -0.05) is 29.8 Å². The van der Waals surface area contributed by atoms with Crippen molar-refractivity contribution >= 4 is 17.7 Å². The van der Waals surface area contributed by atoms with E-state index < -0.39 is 0 Å². The van der Waals surface area contributed by atoms with E-state index in [0.29, 0.717) is 11.6 Å². The first-order chi connectivity index (χ1) is 8.77. The molecule has 0 radical (unpaired) electrons. The van der Waals surface area contributed by atoms with Crippen LogP contribution < -0.4 is 5.32 Å². The molecule has 98 valence electrons. The van der Waals surface area contributed by atoms with Gasteiger partial charge in [-0.2, -0.15) is 0 Å². The fourth-order valence-corrected chi connectivity index (χ4v) is 2.06. The van der Waals surface area contributed by atoms with Gasteiger partial charge >= 0.3 is 6.09 Å². The zero-order valence-corrected chi connectivity index (χ0v) is 10.9. The molecule has 0 saturated carbocycles. The molecule has 1 aromatic carbocycles. The van der Waals surface area contributed by atoms with Crippen molar-refractivity contribution in [3.8, 4) is 0 Å². The molecule has 1 amide bonds. The molecule has 18 heavy (non-hydrogen) atoms.